The van der Waals surface area contributed by atoms with E-state index in [4.69, 9.17) is 19.5 Å². The van der Waals surface area contributed by atoms with Crippen molar-refractivity contribution in [1.29, 1.82) is 0 Å². The molecule has 4 nitrogen and oxygen atoms in total. The van der Waals surface area contributed by atoms with Crippen molar-refractivity contribution in [2.45, 2.75) is 59.4 Å². The number of ether oxygens (including phenoxy) is 2. The van der Waals surface area contributed by atoms with Gasteiger partial charge in [-0.3, -0.25) is 4.99 Å². The van der Waals surface area contributed by atoms with Gasteiger partial charge in [0.15, 0.2) is 6.04 Å². The van der Waals surface area contributed by atoms with Crippen molar-refractivity contribution in [2.24, 2.45) is 21.8 Å². The lowest BCUT2D eigenvalue weighted by Gasteiger charge is -2.33. The standard InChI is InChI=1S/C20H30N2O2/c1-13(2)17-15(5)21-18(20(22-17)23-6)19(14(3)4)24-12-16-10-8-7-9-11-16/h7-11,13-14,17-19H,12H2,1-6H3/t17-,18+,19-/m1/s1. The number of aliphatic imine (C=N–C) groups is 2. The van der Waals surface area contributed by atoms with Gasteiger partial charge in [0, 0.05) is 5.71 Å². The minimum atomic E-state index is -0.172. The number of benzene rings is 1. The van der Waals surface area contributed by atoms with Crippen molar-refractivity contribution in [3.8, 4) is 0 Å². The first-order chi connectivity index (χ1) is 11.4. The number of hydrogen-bond acceptors (Lipinski definition) is 4. The SMILES string of the molecule is COC1=N[C@H](C(C)C)C(C)=N[C@H]1[C@H](OCc1ccccc1)C(C)C. The minimum Gasteiger partial charge on any atom is -0.483 e. The number of rotatable bonds is 6. The van der Waals surface area contributed by atoms with E-state index in [-0.39, 0.29) is 18.2 Å². The van der Waals surface area contributed by atoms with Crippen molar-refractivity contribution >= 4 is 11.6 Å². The summed E-state index contributed by atoms with van der Waals surface area (Å²) in [5.41, 5.74) is 2.22. The molecule has 0 aromatic heterocycles. The third kappa shape index (κ3) is 4.44. The van der Waals surface area contributed by atoms with Crippen LogP contribution in [0.25, 0.3) is 0 Å². The molecule has 0 spiro atoms. The van der Waals surface area contributed by atoms with Crippen molar-refractivity contribution < 1.29 is 9.47 Å². The summed E-state index contributed by atoms with van der Waals surface area (Å²) >= 11 is 0. The van der Waals surface area contributed by atoms with Gasteiger partial charge in [0.05, 0.1) is 25.9 Å². The summed E-state index contributed by atoms with van der Waals surface area (Å²) in [7, 11) is 1.67. The van der Waals surface area contributed by atoms with Crippen molar-refractivity contribution in [1.82, 2.24) is 0 Å². The molecule has 2 rings (SSSR count). The average Bonchev–Trinajstić information content (AvgIpc) is 2.55. The zero-order chi connectivity index (χ0) is 17.7. The molecular formula is C20H30N2O2. The van der Waals surface area contributed by atoms with Crippen LogP contribution < -0.4 is 0 Å². The first-order valence-electron chi connectivity index (χ1n) is 8.75. The molecule has 0 bridgehead atoms. The average molecular weight is 330 g/mol. The Morgan fingerprint density at radius 1 is 1.00 bits per heavy atom. The van der Waals surface area contributed by atoms with E-state index in [1.54, 1.807) is 7.11 Å². The molecule has 1 aromatic carbocycles. The Kier molecular flexibility index (Phi) is 6.55. The minimum absolute atomic E-state index is 0.0630. The second-order valence-electron chi connectivity index (χ2n) is 7.08. The molecule has 0 saturated heterocycles. The van der Waals surface area contributed by atoms with E-state index in [9.17, 15) is 0 Å². The van der Waals surface area contributed by atoms with E-state index in [0.717, 1.165) is 11.3 Å². The fourth-order valence-corrected chi connectivity index (χ4v) is 3.09. The highest BCUT2D eigenvalue weighted by atomic mass is 16.5. The Balaban J connectivity index is 2.18. The summed E-state index contributed by atoms with van der Waals surface area (Å²) in [5.74, 6) is 1.40. The Morgan fingerprint density at radius 2 is 1.67 bits per heavy atom. The van der Waals surface area contributed by atoms with E-state index >= 15 is 0 Å². The lowest BCUT2D eigenvalue weighted by molar-refractivity contribution is 0.00307. The third-order valence-electron chi connectivity index (χ3n) is 4.38. The predicted octanol–water partition coefficient (Wildman–Crippen LogP) is 4.14. The molecule has 1 aromatic rings. The van der Waals surface area contributed by atoms with Gasteiger partial charge in [0.2, 0.25) is 5.90 Å². The second kappa shape index (κ2) is 8.43. The van der Waals surface area contributed by atoms with Crippen LogP contribution in [0.2, 0.25) is 0 Å². The van der Waals surface area contributed by atoms with Gasteiger partial charge in [0.25, 0.3) is 0 Å². The van der Waals surface area contributed by atoms with Gasteiger partial charge < -0.3 is 9.47 Å². The first kappa shape index (κ1) is 18.7. The van der Waals surface area contributed by atoms with Crippen LogP contribution in [-0.4, -0.2) is 36.9 Å². The Bertz CT molecular complexity index is 579. The molecule has 0 saturated carbocycles. The Morgan fingerprint density at radius 3 is 2.21 bits per heavy atom. The summed E-state index contributed by atoms with van der Waals surface area (Å²) < 4.78 is 11.8. The second-order valence-corrected chi connectivity index (χ2v) is 7.08. The van der Waals surface area contributed by atoms with Crippen molar-refractivity contribution in [3.63, 3.8) is 0 Å². The maximum Gasteiger partial charge on any atom is 0.211 e. The number of nitrogens with zero attached hydrogens (tertiary/aromatic N) is 2. The molecule has 0 amide bonds. The van der Waals surface area contributed by atoms with Gasteiger partial charge in [-0.25, -0.2) is 4.99 Å². The van der Waals surface area contributed by atoms with E-state index in [1.807, 2.05) is 18.2 Å². The molecule has 1 aliphatic heterocycles. The molecule has 0 unspecified atom stereocenters. The van der Waals surface area contributed by atoms with Crippen LogP contribution in [0, 0.1) is 11.8 Å². The number of hydrogen-bond donors (Lipinski definition) is 0. The van der Waals surface area contributed by atoms with Crippen LogP contribution in [0.15, 0.2) is 40.3 Å². The molecule has 0 aliphatic carbocycles. The summed E-state index contributed by atoms with van der Waals surface area (Å²) in [5, 5.41) is 0. The van der Waals surface area contributed by atoms with Gasteiger partial charge in [-0.15, -0.1) is 0 Å². The third-order valence-corrected chi connectivity index (χ3v) is 4.38. The van der Waals surface area contributed by atoms with E-state index in [0.29, 0.717) is 24.3 Å². The summed E-state index contributed by atoms with van der Waals surface area (Å²) in [6.45, 7) is 11.3. The molecule has 1 heterocycles. The summed E-state index contributed by atoms with van der Waals surface area (Å²) in [4.78, 5) is 9.71. The van der Waals surface area contributed by atoms with Gasteiger partial charge in [-0.05, 0) is 24.3 Å². The molecule has 1 aliphatic rings. The van der Waals surface area contributed by atoms with Gasteiger partial charge in [-0.2, -0.15) is 0 Å². The summed E-state index contributed by atoms with van der Waals surface area (Å²) in [6.07, 6.45) is -0.0630. The van der Waals surface area contributed by atoms with Crippen LogP contribution >= 0.6 is 0 Å². The molecule has 132 valence electrons. The molecule has 4 heteroatoms. The number of methoxy groups -OCH3 is 1. The quantitative estimate of drug-likeness (QED) is 0.787. The molecule has 0 radical (unpaired) electrons. The zero-order valence-electron chi connectivity index (χ0n) is 15.7. The van der Waals surface area contributed by atoms with Crippen LogP contribution in [0.3, 0.4) is 0 Å². The highest BCUT2D eigenvalue weighted by Gasteiger charge is 2.35. The highest BCUT2D eigenvalue weighted by Crippen LogP contribution is 2.24. The van der Waals surface area contributed by atoms with E-state index in [1.165, 1.54) is 0 Å². The highest BCUT2D eigenvalue weighted by molar-refractivity contribution is 5.97. The zero-order valence-corrected chi connectivity index (χ0v) is 15.7. The topological polar surface area (TPSA) is 43.2 Å². The van der Waals surface area contributed by atoms with Crippen molar-refractivity contribution in [3.05, 3.63) is 35.9 Å². The largest absolute Gasteiger partial charge is 0.483 e. The van der Waals surface area contributed by atoms with Gasteiger partial charge in [-0.1, -0.05) is 58.0 Å². The van der Waals surface area contributed by atoms with E-state index < -0.39 is 0 Å². The maximum atomic E-state index is 6.24. The fourth-order valence-electron chi connectivity index (χ4n) is 3.09. The monoisotopic (exact) mass is 330 g/mol. The van der Waals surface area contributed by atoms with Gasteiger partial charge >= 0.3 is 0 Å². The predicted molar refractivity (Wildman–Crippen MR) is 99.8 cm³/mol. The van der Waals surface area contributed by atoms with E-state index in [2.05, 4.69) is 46.8 Å². The van der Waals surface area contributed by atoms with Crippen LogP contribution in [0.1, 0.15) is 40.2 Å². The Labute approximate surface area is 146 Å². The lowest BCUT2D eigenvalue weighted by Crippen LogP contribution is -2.44. The molecule has 3 atom stereocenters. The summed E-state index contributed by atoms with van der Waals surface area (Å²) in [6, 6.07) is 10.1. The molecule has 0 fully saturated rings. The fraction of sp³-hybridized carbons (Fsp3) is 0.600. The van der Waals surface area contributed by atoms with Crippen molar-refractivity contribution in [2.75, 3.05) is 7.11 Å². The smallest absolute Gasteiger partial charge is 0.211 e. The van der Waals surface area contributed by atoms with Crippen LogP contribution in [0.5, 0.6) is 0 Å². The molecule has 0 N–H and O–H groups in total. The van der Waals surface area contributed by atoms with Crippen LogP contribution in [0.4, 0.5) is 0 Å². The van der Waals surface area contributed by atoms with Gasteiger partial charge in [0.1, 0.15) is 0 Å². The lowest BCUT2D eigenvalue weighted by atomic mass is 9.94. The maximum absolute atomic E-state index is 6.24. The molecular weight excluding hydrogens is 300 g/mol. The first-order valence-corrected chi connectivity index (χ1v) is 8.75. The normalized spacial score (nSPS) is 22.3. The molecule has 24 heavy (non-hydrogen) atoms. The van der Waals surface area contributed by atoms with Crippen LogP contribution in [-0.2, 0) is 16.1 Å². The Hall–Kier alpha value is -1.68.